The highest BCUT2D eigenvalue weighted by Crippen LogP contribution is 2.28. The molecule has 0 radical (unpaired) electrons. The Morgan fingerprint density at radius 1 is 1.41 bits per heavy atom. The summed E-state index contributed by atoms with van der Waals surface area (Å²) in [6.45, 7) is 1.32. The Morgan fingerprint density at radius 3 is 2.53 bits per heavy atom. The van der Waals surface area contributed by atoms with Crippen molar-refractivity contribution in [1.29, 1.82) is 0 Å². The van der Waals surface area contributed by atoms with Gasteiger partial charge in [-0.2, -0.15) is 13.2 Å². The lowest BCUT2D eigenvalue weighted by atomic mass is 10.1. The van der Waals surface area contributed by atoms with Crippen LogP contribution in [-0.2, 0) is 4.74 Å². The maximum Gasteiger partial charge on any atom is 0.394 e. The number of halogens is 3. The van der Waals surface area contributed by atoms with Crippen LogP contribution in [0.4, 0.5) is 13.2 Å². The fourth-order valence-corrected chi connectivity index (χ4v) is 1.53. The average Bonchev–Trinajstić information content (AvgIpc) is 3.03. The molecule has 0 aromatic carbocycles. The number of rotatable bonds is 8. The molecule has 17 heavy (non-hydrogen) atoms. The van der Waals surface area contributed by atoms with E-state index in [4.69, 9.17) is 10.5 Å². The van der Waals surface area contributed by atoms with Crippen molar-refractivity contribution in [2.45, 2.75) is 19.0 Å². The van der Waals surface area contributed by atoms with Crippen molar-refractivity contribution in [2.75, 3.05) is 39.9 Å². The lowest BCUT2D eigenvalue weighted by Gasteiger charge is -2.24. The summed E-state index contributed by atoms with van der Waals surface area (Å²) >= 11 is 0. The molecule has 0 spiro atoms. The Hall–Kier alpha value is -0.330. The van der Waals surface area contributed by atoms with E-state index in [1.807, 2.05) is 0 Å². The van der Waals surface area contributed by atoms with Crippen LogP contribution in [0.3, 0.4) is 0 Å². The van der Waals surface area contributed by atoms with Crippen LogP contribution in [0.15, 0.2) is 0 Å². The van der Waals surface area contributed by atoms with Gasteiger partial charge >= 0.3 is 6.18 Å². The van der Waals surface area contributed by atoms with Gasteiger partial charge in [0.15, 0.2) is 0 Å². The van der Waals surface area contributed by atoms with E-state index in [0.717, 1.165) is 6.61 Å². The standard InChI is InChI=1S/C11H21F3N2O/c1-16(4-5-17-8-9-2-3-9)7-10(6-15)11(12,13)14/h9-10H,2-8,15H2,1H3. The van der Waals surface area contributed by atoms with Crippen molar-refractivity contribution in [3.63, 3.8) is 0 Å². The van der Waals surface area contributed by atoms with E-state index in [-0.39, 0.29) is 13.1 Å². The van der Waals surface area contributed by atoms with Crippen LogP contribution in [0.25, 0.3) is 0 Å². The molecule has 0 heterocycles. The number of hydrogen-bond acceptors (Lipinski definition) is 3. The fraction of sp³-hybridized carbons (Fsp3) is 1.00. The molecular weight excluding hydrogens is 233 g/mol. The second-order valence-electron chi connectivity index (χ2n) is 4.75. The van der Waals surface area contributed by atoms with Crippen molar-refractivity contribution in [1.82, 2.24) is 4.90 Å². The molecule has 0 amide bonds. The highest BCUT2D eigenvalue weighted by Gasteiger charge is 2.38. The van der Waals surface area contributed by atoms with Crippen molar-refractivity contribution in [2.24, 2.45) is 17.6 Å². The fourth-order valence-electron chi connectivity index (χ4n) is 1.53. The molecule has 1 fully saturated rings. The van der Waals surface area contributed by atoms with Crippen molar-refractivity contribution >= 4 is 0 Å². The van der Waals surface area contributed by atoms with Gasteiger partial charge in [0.25, 0.3) is 0 Å². The zero-order chi connectivity index (χ0) is 12.9. The molecule has 0 aromatic heterocycles. The van der Waals surface area contributed by atoms with Crippen LogP contribution >= 0.6 is 0 Å². The molecule has 1 atom stereocenters. The van der Waals surface area contributed by atoms with E-state index in [2.05, 4.69) is 0 Å². The van der Waals surface area contributed by atoms with E-state index in [1.54, 1.807) is 11.9 Å². The van der Waals surface area contributed by atoms with E-state index in [9.17, 15) is 13.2 Å². The molecule has 1 aliphatic carbocycles. The third kappa shape index (κ3) is 6.24. The summed E-state index contributed by atoms with van der Waals surface area (Å²) < 4.78 is 42.7. The van der Waals surface area contributed by atoms with Crippen LogP contribution in [0, 0.1) is 11.8 Å². The predicted molar refractivity (Wildman–Crippen MR) is 59.6 cm³/mol. The zero-order valence-corrected chi connectivity index (χ0v) is 10.2. The Bertz CT molecular complexity index is 219. The molecule has 3 nitrogen and oxygen atoms in total. The van der Waals surface area contributed by atoms with Crippen LogP contribution in [0.5, 0.6) is 0 Å². The van der Waals surface area contributed by atoms with Crippen LogP contribution in [0.2, 0.25) is 0 Å². The molecule has 1 aliphatic rings. The third-order valence-corrected chi connectivity index (χ3v) is 2.95. The topological polar surface area (TPSA) is 38.5 Å². The van der Waals surface area contributed by atoms with Gasteiger partial charge in [0.05, 0.1) is 12.5 Å². The lowest BCUT2D eigenvalue weighted by Crippen LogP contribution is -2.40. The normalized spacial score (nSPS) is 18.7. The van der Waals surface area contributed by atoms with Crippen LogP contribution in [-0.4, -0.2) is 51.0 Å². The van der Waals surface area contributed by atoms with Gasteiger partial charge in [-0.1, -0.05) is 0 Å². The summed E-state index contributed by atoms with van der Waals surface area (Å²) in [5.74, 6) is -0.761. The van der Waals surface area contributed by atoms with E-state index >= 15 is 0 Å². The predicted octanol–water partition coefficient (Wildman–Crippen LogP) is 1.48. The van der Waals surface area contributed by atoms with Crippen molar-refractivity contribution < 1.29 is 17.9 Å². The minimum Gasteiger partial charge on any atom is -0.380 e. The summed E-state index contributed by atoms with van der Waals surface area (Å²) in [5, 5.41) is 0. The number of nitrogens with two attached hydrogens (primary N) is 1. The van der Waals surface area contributed by atoms with E-state index in [0.29, 0.717) is 19.1 Å². The van der Waals surface area contributed by atoms with Gasteiger partial charge in [-0.25, -0.2) is 0 Å². The molecule has 1 unspecified atom stereocenters. The van der Waals surface area contributed by atoms with E-state index < -0.39 is 12.1 Å². The van der Waals surface area contributed by atoms with Gasteiger partial charge < -0.3 is 15.4 Å². The smallest absolute Gasteiger partial charge is 0.380 e. The highest BCUT2D eigenvalue weighted by atomic mass is 19.4. The third-order valence-electron chi connectivity index (χ3n) is 2.95. The molecule has 102 valence electrons. The van der Waals surface area contributed by atoms with Crippen LogP contribution in [0.1, 0.15) is 12.8 Å². The summed E-state index contributed by atoms with van der Waals surface area (Å²) in [4.78, 5) is 1.62. The Balaban J connectivity index is 2.10. The lowest BCUT2D eigenvalue weighted by molar-refractivity contribution is -0.175. The molecule has 6 heteroatoms. The summed E-state index contributed by atoms with van der Waals surface area (Å²) in [7, 11) is 1.66. The van der Waals surface area contributed by atoms with Crippen molar-refractivity contribution in [3.05, 3.63) is 0 Å². The maximum atomic E-state index is 12.4. The Labute approximate surface area is 100 Å². The number of likely N-dealkylation sites (N-methyl/N-ethyl adjacent to an activating group) is 1. The molecule has 0 bridgehead atoms. The van der Waals surface area contributed by atoms with Gasteiger partial charge in [-0.05, 0) is 25.8 Å². The molecule has 0 aromatic rings. The van der Waals surface area contributed by atoms with E-state index in [1.165, 1.54) is 12.8 Å². The first-order valence-corrected chi connectivity index (χ1v) is 5.96. The van der Waals surface area contributed by atoms with Crippen molar-refractivity contribution in [3.8, 4) is 0 Å². The Kier molecular flexibility index (Phi) is 5.69. The number of hydrogen-bond donors (Lipinski definition) is 1. The van der Waals surface area contributed by atoms with Crippen LogP contribution < -0.4 is 5.73 Å². The number of alkyl halides is 3. The second kappa shape index (κ2) is 6.56. The van der Waals surface area contributed by atoms with Gasteiger partial charge in [-0.15, -0.1) is 0 Å². The molecule has 1 rings (SSSR count). The van der Waals surface area contributed by atoms with Gasteiger partial charge in [0.2, 0.25) is 0 Å². The minimum atomic E-state index is -4.21. The first kappa shape index (κ1) is 14.7. The maximum absolute atomic E-state index is 12.4. The zero-order valence-electron chi connectivity index (χ0n) is 10.2. The van der Waals surface area contributed by atoms with Gasteiger partial charge in [0.1, 0.15) is 0 Å². The molecule has 0 saturated heterocycles. The molecule has 1 saturated carbocycles. The summed E-state index contributed by atoms with van der Waals surface area (Å²) in [5.41, 5.74) is 5.13. The average molecular weight is 254 g/mol. The SMILES string of the molecule is CN(CCOCC1CC1)CC(CN)C(F)(F)F. The summed E-state index contributed by atoms with van der Waals surface area (Å²) in [6, 6.07) is 0. The Morgan fingerprint density at radius 2 is 2.06 bits per heavy atom. The first-order valence-electron chi connectivity index (χ1n) is 5.96. The largest absolute Gasteiger partial charge is 0.394 e. The number of ether oxygens (including phenoxy) is 1. The highest BCUT2D eigenvalue weighted by molar-refractivity contribution is 4.73. The minimum absolute atomic E-state index is 0.0627. The molecular formula is C11H21F3N2O. The van der Waals surface area contributed by atoms with Gasteiger partial charge in [-0.3, -0.25) is 0 Å². The number of nitrogens with zero attached hydrogens (tertiary/aromatic N) is 1. The quantitative estimate of drug-likeness (QED) is 0.667. The first-order chi connectivity index (χ1) is 7.93. The molecule has 2 N–H and O–H groups in total. The molecule has 0 aliphatic heterocycles. The second-order valence-corrected chi connectivity index (χ2v) is 4.75. The van der Waals surface area contributed by atoms with Gasteiger partial charge in [0, 0.05) is 26.2 Å². The summed E-state index contributed by atoms with van der Waals surface area (Å²) in [6.07, 6.45) is -1.77. The monoisotopic (exact) mass is 254 g/mol.